The summed E-state index contributed by atoms with van der Waals surface area (Å²) in [6.07, 6.45) is 3.04. The van der Waals surface area contributed by atoms with Gasteiger partial charge >= 0.3 is 11.9 Å². The molecule has 0 unspecified atom stereocenters. The van der Waals surface area contributed by atoms with Crippen molar-refractivity contribution in [2.24, 2.45) is 0 Å². The van der Waals surface area contributed by atoms with Gasteiger partial charge in [0.15, 0.2) is 0 Å². The molecule has 29 heavy (non-hydrogen) atoms. The van der Waals surface area contributed by atoms with Gasteiger partial charge in [-0.1, -0.05) is 18.2 Å². The van der Waals surface area contributed by atoms with Crippen molar-refractivity contribution in [2.45, 2.75) is 19.8 Å². The molecule has 0 aromatic heterocycles. The Bertz CT molecular complexity index is 666. The maximum atomic E-state index is 11.7. The number of benzene rings is 1. The van der Waals surface area contributed by atoms with Gasteiger partial charge in [-0.3, -0.25) is 0 Å². The summed E-state index contributed by atoms with van der Waals surface area (Å²) in [6.45, 7) is 9.30. The van der Waals surface area contributed by atoms with E-state index in [1.807, 2.05) is 6.92 Å². The summed E-state index contributed by atoms with van der Waals surface area (Å²) in [4.78, 5) is 52.1. The largest absolute Gasteiger partial charge is 0.343 e. The first-order valence-corrected chi connectivity index (χ1v) is 8.79. The van der Waals surface area contributed by atoms with Crippen LogP contribution in [-0.2, 0) is 38.8 Å². The lowest BCUT2D eigenvalue weighted by Gasteiger charge is -2.12. The lowest BCUT2D eigenvalue weighted by Crippen LogP contribution is -2.15. The van der Waals surface area contributed by atoms with Crippen molar-refractivity contribution in [1.29, 1.82) is 0 Å². The number of hydrogen-bond acceptors (Lipinski definition) is 10. The SMILES string of the molecule is C=CCOOCCC(=O)ONc1ccc(C)c(NOC(=O)CCOOCC=C)c1. The second-order valence-corrected chi connectivity index (χ2v) is 5.47. The zero-order chi connectivity index (χ0) is 21.3. The Labute approximate surface area is 169 Å². The molecular weight excluding hydrogens is 384 g/mol. The summed E-state index contributed by atoms with van der Waals surface area (Å²) >= 11 is 0. The highest BCUT2D eigenvalue weighted by atomic mass is 17.2. The Hall–Kier alpha value is -2.92. The predicted molar refractivity (Wildman–Crippen MR) is 104 cm³/mol. The van der Waals surface area contributed by atoms with Crippen molar-refractivity contribution in [3.05, 3.63) is 49.1 Å². The number of anilines is 2. The molecule has 2 N–H and O–H groups in total. The van der Waals surface area contributed by atoms with E-state index in [1.165, 1.54) is 12.2 Å². The van der Waals surface area contributed by atoms with E-state index in [-0.39, 0.29) is 39.3 Å². The molecule has 0 heterocycles. The van der Waals surface area contributed by atoms with Gasteiger partial charge in [0.1, 0.15) is 13.2 Å². The van der Waals surface area contributed by atoms with Crippen LogP contribution in [0.4, 0.5) is 11.4 Å². The summed E-state index contributed by atoms with van der Waals surface area (Å²) in [5.41, 5.74) is 6.89. The lowest BCUT2D eigenvalue weighted by atomic mass is 10.2. The number of hydrogen-bond donors (Lipinski definition) is 2. The molecule has 0 aliphatic carbocycles. The second kappa shape index (κ2) is 15.1. The summed E-state index contributed by atoms with van der Waals surface area (Å²) in [6, 6.07) is 5.07. The molecule has 0 amide bonds. The quantitative estimate of drug-likeness (QED) is 0.182. The van der Waals surface area contributed by atoms with E-state index in [0.717, 1.165) is 5.56 Å². The van der Waals surface area contributed by atoms with Crippen molar-refractivity contribution >= 4 is 23.3 Å². The third-order valence-corrected chi connectivity index (χ3v) is 3.11. The summed E-state index contributed by atoms with van der Waals surface area (Å²) in [5.74, 6) is -1.07. The van der Waals surface area contributed by atoms with Gasteiger partial charge in [-0.05, 0) is 24.6 Å². The van der Waals surface area contributed by atoms with Crippen molar-refractivity contribution in [3.8, 4) is 0 Å². The van der Waals surface area contributed by atoms with E-state index in [4.69, 9.17) is 29.2 Å². The van der Waals surface area contributed by atoms with E-state index in [0.29, 0.717) is 11.4 Å². The van der Waals surface area contributed by atoms with E-state index < -0.39 is 11.9 Å². The first-order valence-electron chi connectivity index (χ1n) is 8.79. The average Bonchev–Trinajstić information content (AvgIpc) is 2.72. The highest BCUT2D eigenvalue weighted by molar-refractivity contribution is 5.72. The third kappa shape index (κ3) is 11.5. The van der Waals surface area contributed by atoms with Gasteiger partial charge < -0.3 is 9.68 Å². The standard InChI is InChI=1S/C19H26N2O8/c1-4-10-24-26-12-8-18(22)28-20-16-7-6-15(3)17(14-16)21-29-19(23)9-13-27-25-11-5-2/h4-7,14,20-21H,1-2,8-13H2,3H3. The zero-order valence-electron chi connectivity index (χ0n) is 16.3. The van der Waals surface area contributed by atoms with E-state index in [2.05, 4.69) is 24.1 Å². The van der Waals surface area contributed by atoms with Gasteiger partial charge in [-0.15, -0.1) is 13.2 Å². The Morgan fingerprint density at radius 3 is 2.00 bits per heavy atom. The smallest absolute Gasteiger partial charge is 0.334 e. The molecular formula is C19H26N2O8. The molecule has 0 spiro atoms. The predicted octanol–water partition coefficient (Wildman–Crippen LogP) is 2.78. The van der Waals surface area contributed by atoms with Crippen LogP contribution >= 0.6 is 0 Å². The Kier molecular flexibility index (Phi) is 12.5. The molecule has 1 aromatic rings. The fourth-order valence-electron chi connectivity index (χ4n) is 1.69. The minimum absolute atomic E-state index is 0.00265. The molecule has 0 bridgehead atoms. The molecule has 0 saturated carbocycles. The molecule has 10 nitrogen and oxygen atoms in total. The normalized spacial score (nSPS) is 10.1. The van der Waals surface area contributed by atoms with Crippen molar-refractivity contribution < 1.29 is 38.8 Å². The van der Waals surface area contributed by atoms with Crippen LogP contribution in [0, 0.1) is 6.92 Å². The average molecular weight is 410 g/mol. The first-order chi connectivity index (χ1) is 14.1. The maximum absolute atomic E-state index is 11.7. The minimum atomic E-state index is -0.535. The molecule has 0 fully saturated rings. The van der Waals surface area contributed by atoms with Crippen LogP contribution in [0.25, 0.3) is 0 Å². The van der Waals surface area contributed by atoms with E-state index >= 15 is 0 Å². The zero-order valence-corrected chi connectivity index (χ0v) is 16.3. The van der Waals surface area contributed by atoms with Gasteiger partial charge in [0.05, 0.1) is 37.4 Å². The van der Waals surface area contributed by atoms with Gasteiger partial charge in [0, 0.05) is 0 Å². The minimum Gasteiger partial charge on any atom is -0.343 e. The highest BCUT2D eigenvalue weighted by Gasteiger charge is 2.08. The number of nitrogens with one attached hydrogen (secondary N) is 2. The maximum Gasteiger partial charge on any atom is 0.334 e. The first kappa shape index (κ1) is 24.1. The molecule has 0 saturated heterocycles. The van der Waals surface area contributed by atoms with Gasteiger partial charge in [-0.2, -0.15) is 0 Å². The summed E-state index contributed by atoms with van der Waals surface area (Å²) in [7, 11) is 0. The van der Waals surface area contributed by atoms with Crippen LogP contribution in [0.3, 0.4) is 0 Å². The Morgan fingerprint density at radius 1 is 0.897 bits per heavy atom. The fourth-order valence-corrected chi connectivity index (χ4v) is 1.69. The van der Waals surface area contributed by atoms with Gasteiger partial charge in [0.25, 0.3) is 0 Å². The number of carbonyl (C=O) groups excluding carboxylic acids is 2. The van der Waals surface area contributed by atoms with Crippen LogP contribution in [0.15, 0.2) is 43.5 Å². The van der Waals surface area contributed by atoms with Gasteiger partial charge in [-0.25, -0.2) is 40.1 Å². The van der Waals surface area contributed by atoms with E-state index in [9.17, 15) is 9.59 Å². The fraction of sp³-hybridized carbons (Fsp3) is 0.368. The van der Waals surface area contributed by atoms with Crippen molar-refractivity contribution in [3.63, 3.8) is 0 Å². The van der Waals surface area contributed by atoms with Crippen LogP contribution in [0.2, 0.25) is 0 Å². The Morgan fingerprint density at radius 2 is 1.45 bits per heavy atom. The molecule has 0 aliphatic rings. The monoisotopic (exact) mass is 410 g/mol. The molecule has 0 atom stereocenters. The van der Waals surface area contributed by atoms with Crippen LogP contribution < -0.4 is 11.0 Å². The lowest BCUT2D eigenvalue weighted by molar-refractivity contribution is -0.286. The van der Waals surface area contributed by atoms with Crippen molar-refractivity contribution in [1.82, 2.24) is 0 Å². The summed E-state index contributed by atoms with van der Waals surface area (Å²) < 4.78 is 0. The molecule has 1 rings (SSSR count). The molecule has 10 heteroatoms. The number of carbonyl (C=O) groups is 2. The van der Waals surface area contributed by atoms with Gasteiger partial charge in [0.2, 0.25) is 0 Å². The molecule has 0 radical (unpaired) electrons. The third-order valence-electron chi connectivity index (χ3n) is 3.11. The highest BCUT2D eigenvalue weighted by Crippen LogP contribution is 2.20. The summed E-state index contributed by atoms with van der Waals surface area (Å²) in [5, 5.41) is 0. The molecule has 160 valence electrons. The van der Waals surface area contributed by atoms with E-state index in [1.54, 1.807) is 18.2 Å². The van der Waals surface area contributed by atoms with Crippen LogP contribution in [0.1, 0.15) is 18.4 Å². The van der Waals surface area contributed by atoms with Crippen LogP contribution in [0.5, 0.6) is 0 Å². The molecule has 0 aliphatic heterocycles. The topological polar surface area (TPSA) is 114 Å². The van der Waals surface area contributed by atoms with Crippen molar-refractivity contribution in [2.75, 3.05) is 37.4 Å². The Balaban J connectivity index is 2.34. The second-order valence-electron chi connectivity index (χ2n) is 5.47. The molecule has 1 aromatic carbocycles. The number of aryl methyl sites for hydroxylation is 1. The number of rotatable bonds is 16. The van der Waals surface area contributed by atoms with Crippen LogP contribution in [-0.4, -0.2) is 38.4 Å².